The first kappa shape index (κ1) is 16.4. The van der Waals surface area contributed by atoms with E-state index in [4.69, 9.17) is 0 Å². The Morgan fingerprint density at radius 3 is 2.00 bits per heavy atom. The lowest BCUT2D eigenvalue weighted by atomic mass is 9.79. The number of nitrogens with one attached hydrogen (secondary N) is 1. The number of piperidine rings is 1. The fourth-order valence-electron chi connectivity index (χ4n) is 3.13. The van der Waals surface area contributed by atoms with E-state index in [1.807, 2.05) is 27.7 Å². The van der Waals surface area contributed by atoms with E-state index in [9.17, 15) is 10.0 Å². The molecule has 0 radical (unpaired) electrons. The van der Waals surface area contributed by atoms with Gasteiger partial charge in [-0.15, -0.1) is 0 Å². The number of carbonyl (C=O) groups is 1. The standard InChI is InChI=1S/C15H30N2O2/c1-13(2,3)10-12(18)16-11-8-14(4,5)17(19)15(6,7)9-11/h11,19H,8-10H2,1-7H3,(H,16,18). The number of carbonyl (C=O) groups excluding carboxylic acids is 1. The van der Waals surface area contributed by atoms with Crippen molar-refractivity contribution in [3.05, 3.63) is 0 Å². The average molecular weight is 270 g/mol. The summed E-state index contributed by atoms with van der Waals surface area (Å²) in [6.45, 7) is 14.2. The van der Waals surface area contributed by atoms with E-state index in [-0.39, 0.29) is 28.4 Å². The van der Waals surface area contributed by atoms with Crippen molar-refractivity contribution in [1.29, 1.82) is 0 Å². The van der Waals surface area contributed by atoms with E-state index in [2.05, 4.69) is 26.1 Å². The van der Waals surface area contributed by atoms with Gasteiger partial charge in [0.1, 0.15) is 0 Å². The van der Waals surface area contributed by atoms with Gasteiger partial charge in [-0.25, -0.2) is 0 Å². The summed E-state index contributed by atoms with van der Waals surface area (Å²) in [5.41, 5.74) is -0.629. The third-order valence-electron chi connectivity index (χ3n) is 3.69. The van der Waals surface area contributed by atoms with E-state index >= 15 is 0 Å². The molecule has 0 bridgehead atoms. The first-order chi connectivity index (χ1) is 8.33. The average Bonchev–Trinajstić information content (AvgIpc) is 2.09. The van der Waals surface area contributed by atoms with Crippen LogP contribution in [0.5, 0.6) is 0 Å². The van der Waals surface area contributed by atoms with Crippen LogP contribution in [-0.4, -0.2) is 33.3 Å². The molecule has 1 saturated heterocycles. The molecule has 1 fully saturated rings. The van der Waals surface area contributed by atoms with Gasteiger partial charge < -0.3 is 10.5 Å². The third-order valence-corrected chi connectivity index (χ3v) is 3.69. The van der Waals surface area contributed by atoms with Crippen molar-refractivity contribution in [3.8, 4) is 0 Å². The van der Waals surface area contributed by atoms with Crippen LogP contribution in [0, 0.1) is 5.41 Å². The quantitative estimate of drug-likeness (QED) is 0.811. The van der Waals surface area contributed by atoms with Crippen LogP contribution in [0.1, 0.15) is 67.7 Å². The molecule has 4 heteroatoms. The zero-order valence-electron chi connectivity index (χ0n) is 13.5. The summed E-state index contributed by atoms with van der Waals surface area (Å²) in [5, 5.41) is 14.8. The topological polar surface area (TPSA) is 52.6 Å². The molecule has 2 N–H and O–H groups in total. The zero-order valence-corrected chi connectivity index (χ0v) is 13.5. The number of amides is 1. The predicted molar refractivity (Wildman–Crippen MR) is 77.0 cm³/mol. The van der Waals surface area contributed by atoms with Crippen LogP contribution >= 0.6 is 0 Å². The van der Waals surface area contributed by atoms with E-state index in [1.165, 1.54) is 5.06 Å². The van der Waals surface area contributed by atoms with Crippen molar-refractivity contribution in [2.24, 2.45) is 5.41 Å². The highest BCUT2D eigenvalue weighted by atomic mass is 16.5. The minimum absolute atomic E-state index is 0.00675. The Bertz CT molecular complexity index is 325. The molecular formula is C15H30N2O2. The van der Waals surface area contributed by atoms with E-state index in [0.29, 0.717) is 6.42 Å². The molecule has 4 nitrogen and oxygen atoms in total. The minimum Gasteiger partial charge on any atom is -0.353 e. The number of nitrogens with zero attached hydrogens (tertiary/aromatic N) is 1. The van der Waals surface area contributed by atoms with E-state index < -0.39 is 0 Å². The van der Waals surface area contributed by atoms with Gasteiger partial charge in [-0.2, -0.15) is 5.06 Å². The summed E-state index contributed by atoms with van der Waals surface area (Å²) in [4.78, 5) is 12.0. The van der Waals surface area contributed by atoms with Crippen LogP contribution in [0.3, 0.4) is 0 Å². The van der Waals surface area contributed by atoms with Crippen molar-refractivity contribution in [2.45, 2.75) is 84.8 Å². The Morgan fingerprint density at radius 1 is 1.21 bits per heavy atom. The highest BCUT2D eigenvalue weighted by Crippen LogP contribution is 2.36. The number of hydrogen-bond acceptors (Lipinski definition) is 3. The SMILES string of the molecule is CC(C)(C)CC(=O)NC1CC(C)(C)N(O)C(C)(C)C1. The van der Waals surface area contributed by atoms with Gasteiger partial charge in [-0.3, -0.25) is 4.79 Å². The summed E-state index contributed by atoms with van der Waals surface area (Å²) in [6.07, 6.45) is 2.07. The maximum absolute atomic E-state index is 12.0. The Morgan fingerprint density at radius 2 is 1.63 bits per heavy atom. The Labute approximate surface area is 117 Å². The van der Waals surface area contributed by atoms with Crippen LogP contribution in [0.4, 0.5) is 0 Å². The molecule has 1 rings (SSSR count). The van der Waals surface area contributed by atoms with E-state index in [1.54, 1.807) is 0 Å². The Balaban J connectivity index is 2.68. The molecule has 0 aromatic rings. The van der Waals surface area contributed by atoms with Gasteiger partial charge in [0.2, 0.25) is 5.91 Å². The Hall–Kier alpha value is -0.610. The maximum Gasteiger partial charge on any atom is 0.220 e. The summed E-state index contributed by atoms with van der Waals surface area (Å²) in [5.74, 6) is 0.107. The van der Waals surface area contributed by atoms with Gasteiger partial charge in [0.05, 0.1) is 0 Å². The highest BCUT2D eigenvalue weighted by Gasteiger charge is 2.45. The summed E-state index contributed by atoms with van der Waals surface area (Å²) in [6, 6.07) is 0.128. The first-order valence-corrected chi connectivity index (χ1v) is 7.12. The van der Waals surface area contributed by atoms with Crippen LogP contribution in [-0.2, 0) is 4.79 Å². The van der Waals surface area contributed by atoms with Gasteiger partial charge in [0, 0.05) is 23.5 Å². The fraction of sp³-hybridized carbons (Fsp3) is 0.933. The second-order valence-electron chi connectivity index (χ2n) is 8.35. The molecule has 0 spiro atoms. The number of hydroxylamine groups is 2. The molecule has 1 amide bonds. The van der Waals surface area contributed by atoms with Crippen molar-refractivity contribution in [3.63, 3.8) is 0 Å². The van der Waals surface area contributed by atoms with Crippen molar-refractivity contribution in [1.82, 2.24) is 10.4 Å². The molecule has 1 aliphatic heterocycles. The predicted octanol–water partition coefficient (Wildman–Crippen LogP) is 2.95. The molecule has 112 valence electrons. The van der Waals surface area contributed by atoms with E-state index in [0.717, 1.165) is 12.8 Å². The lowest BCUT2D eigenvalue weighted by molar-refractivity contribution is -0.246. The molecule has 0 atom stereocenters. The van der Waals surface area contributed by atoms with Gasteiger partial charge in [0.15, 0.2) is 0 Å². The number of rotatable bonds is 2. The largest absolute Gasteiger partial charge is 0.353 e. The van der Waals surface area contributed by atoms with Gasteiger partial charge in [-0.1, -0.05) is 20.8 Å². The van der Waals surface area contributed by atoms with Crippen molar-refractivity contribution < 1.29 is 10.0 Å². The molecule has 0 unspecified atom stereocenters. The van der Waals surface area contributed by atoms with Crippen LogP contribution < -0.4 is 5.32 Å². The van der Waals surface area contributed by atoms with Crippen molar-refractivity contribution in [2.75, 3.05) is 0 Å². The molecule has 0 aromatic carbocycles. The van der Waals surface area contributed by atoms with Gasteiger partial charge in [0.25, 0.3) is 0 Å². The second-order valence-corrected chi connectivity index (χ2v) is 8.35. The molecule has 1 heterocycles. The molecule has 0 aromatic heterocycles. The Kier molecular flexibility index (Phi) is 4.38. The monoisotopic (exact) mass is 270 g/mol. The molecular weight excluding hydrogens is 240 g/mol. The minimum atomic E-state index is -0.318. The normalized spacial score (nSPS) is 24.2. The lowest BCUT2D eigenvalue weighted by Gasteiger charge is -2.51. The van der Waals surface area contributed by atoms with Gasteiger partial charge >= 0.3 is 0 Å². The molecule has 1 aliphatic rings. The summed E-state index contributed by atoms with van der Waals surface area (Å²) >= 11 is 0. The highest BCUT2D eigenvalue weighted by molar-refractivity contribution is 5.76. The molecule has 0 saturated carbocycles. The lowest BCUT2D eigenvalue weighted by Crippen LogP contribution is -2.63. The van der Waals surface area contributed by atoms with Gasteiger partial charge in [-0.05, 0) is 46.0 Å². The smallest absolute Gasteiger partial charge is 0.220 e. The first-order valence-electron chi connectivity index (χ1n) is 7.12. The second kappa shape index (κ2) is 5.06. The summed E-state index contributed by atoms with van der Waals surface area (Å²) in [7, 11) is 0. The number of hydrogen-bond donors (Lipinski definition) is 2. The van der Waals surface area contributed by atoms with Crippen molar-refractivity contribution >= 4 is 5.91 Å². The van der Waals surface area contributed by atoms with Crippen LogP contribution in [0.25, 0.3) is 0 Å². The zero-order chi connectivity index (χ0) is 15.1. The van der Waals surface area contributed by atoms with Crippen LogP contribution in [0.2, 0.25) is 0 Å². The summed E-state index contributed by atoms with van der Waals surface area (Å²) < 4.78 is 0. The van der Waals surface area contributed by atoms with Crippen LogP contribution in [0.15, 0.2) is 0 Å². The molecule has 19 heavy (non-hydrogen) atoms. The maximum atomic E-state index is 12.0. The third kappa shape index (κ3) is 4.46. The fourth-order valence-corrected chi connectivity index (χ4v) is 3.13. The molecule has 0 aliphatic carbocycles.